The van der Waals surface area contributed by atoms with E-state index in [0.29, 0.717) is 29.4 Å². The largest absolute Gasteiger partial charge is 0.490 e. The molecule has 0 atom stereocenters. The Kier molecular flexibility index (Phi) is 8.94. The SMILES string of the molecule is CCOc1cc(/C=C(\C#N)C(=O)Nc2cccc([N+](=O)[O-])c2)ccc1OCC(=O)Nc1ccc(C)cc1. The number of rotatable bonds is 10. The standard InChI is InChI=1S/C27H24N4O6/c1-3-36-25-14-19(9-12-24(25)37-17-26(32)29-21-10-7-18(2)8-11-21)13-20(16-28)27(33)30-22-5-4-6-23(15-22)31(34)35/h4-15H,3,17H2,1-2H3,(H,29,32)(H,30,33)/b20-13+. The number of nitrogens with zero attached hydrogens (tertiary/aromatic N) is 2. The fourth-order valence-corrected chi connectivity index (χ4v) is 3.19. The average Bonchev–Trinajstić information content (AvgIpc) is 2.88. The van der Waals surface area contributed by atoms with Gasteiger partial charge < -0.3 is 20.1 Å². The highest BCUT2D eigenvalue weighted by Gasteiger charge is 2.14. The molecule has 188 valence electrons. The van der Waals surface area contributed by atoms with Crippen molar-refractivity contribution in [2.45, 2.75) is 13.8 Å². The van der Waals surface area contributed by atoms with Crippen LogP contribution in [0.15, 0.2) is 72.3 Å². The first-order valence-electron chi connectivity index (χ1n) is 11.2. The van der Waals surface area contributed by atoms with Gasteiger partial charge in [-0.2, -0.15) is 5.26 Å². The highest BCUT2D eigenvalue weighted by atomic mass is 16.6. The van der Waals surface area contributed by atoms with Crippen molar-refractivity contribution >= 4 is 35.0 Å². The van der Waals surface area contributed by atoms with E-state index in [1.807, 2.05) is 25.1 Å². The number of hydrogen-bond acceptors (Lipinski definition) is 7. The Morgan fingerprint density at radius 3 is 2.43 bits per heavy atom. The predicted molar refractivity (Wildman–Crippen MR) is 138 cm³/mol. The van der Waals surface area contributed by atoms with E-state index in [2.05, 4.69) is 10.6 Å². The van der Waals surface area contributed by atoms with Gasteiger partial charge in [0, 0.05) is 23.5 Å². The highest BCUT2D eigenvalue weighted by molar-refractivity contribution is 6.09. The van der Waals surface area contributed by atoms with Gasteiger partial charge in [0.05, 0.1) is 11.5 Å². The van der Waals surface area contributed by atoms with Gasteiger partial charge in [-0.25, -0.2) is 0 Å². The van der Waals surface area contributed by atoms with Gasteiger partial charge in [0.15, 0.2) is 18.1 Å². The average molecular weight is 501 g/mol. The number of nitro groups is 1. The number of hydrogen-bond donors (Lipinski definition) is 2. The van der Waals surface area contributed by atoms with Crippen molar-refractivity contribution in [2.75, 3.05) is 23.8 Å². The predicted octanol–water partition coefficient (Wildman–Crippen LogP) is 4.87. The first kappa shape index (κ1) is 26.4. The smallest absolute Gasteiger partial charge is 0.271 e. The van der Waals surface area contributed by atoms with Crippen LogP contribution in [0.5, 0.6) is 11.5 Å². The Morgan fingerprint density at radius 2 is 1.76 bits per heavy atom. The summed E-state index contributed by atoms with van der Waals surface area (Å²) in [4.78, 5) is 35.2. The molecule has 10 heteroatoms. The van der Waals surface area contributed by atoms with Crippen LogP contribution >= 0.6 is 0 Å². The van der Waals surface area contributed by atoms with Crippen LogP contribution in [0.1, 0.15) is 18.1 Å². The van der Waals surface area contributed by atoms with E-state index in [1.54, 1.807) is 37.3 Å². The first-order valence-corrected chi connectivity index (χ1v) is 11.2. The molecule has 0 aliphatic heterocycles. The van der Waals surface area contributed by atoms with Crippen LogP contribution < -0.4 is 20.1 Å². The Morgan fingerprint density at radius 1 is 1.00 bits per heavy atom. The molecule has 2 N–H and O–H groups in total. The molecular formula is C27H24N4O6. The molecule has 3 rings (SSSR count). The number of aryl methyl sites for hydroxylation is 1. The zero-order chi connectivity index (χ0) is 26.8. The molecule has 0 fully saturated rings. The van der Waals surface area contributed by atoms with Gasteiger partial charge in [-0.05, 0) is 55.8 Å². The maximum Gasteiger partial charge on any atom is 0.271 e. The zero-order valence-electron chi connectivity index (χ0n) is 20.2. The van der Waals surface area contributed by atoms with Crippen molar-refractivity contribution < 1.29 is 24.0 Å². The summed E-state index contributed by atoms with van der Waals surface area (Å²) in [6, 6.07) is 19.3. The third-order valence-electron chi connectivity index (χ3n) is 4.95. The fourth-order valence-electron chi connectivity index (χ4n) is 3.19. The number of amides is 2. The molecule has 0 aromatic heterocycles. The van der Waals surface area contributed by atoms with Crippen LogP contribution in [0.25, 0.3) is 6.08 Å². The lowest BCUT2D eigenvalue weighted by molar-refractivity contribution is -0.384. The minimum absolute atomic E-state index is 0.183. The number of ether oxygens (including phenoxy) is 2. The minimum atomic E-state index is -0.728. The van der Waals surface area contributed by atoms with Crippen LogP contribution in [0, 0.1) is 28.4 Å². The number of benzene rings is 3. The maximum absolute atomic E-state index is 12.6. The summed E-state index contributed by atoms with van der Waals surface area (Å²) in [6.07, 6.45) is 1.35. The Balaban J connectivity index is 1.71. The van der Waals surface area contributed by atoms with E-state index in [1.165, 1.54) is 30.3 Å². The second-order valence-corrected chi connectivity index (χ2v) is 7.77. The van der Waals surface area contributed by atoms with Gasteiger partial charge in [-0.3, -0.25) is 19.7 Å². The lowest BCUT2D eigenvalue weighted by Crippen LogP contribution is -2.20. The van der Waals surface area contributed by atoms with E-state index >= 15 is 0 Å². The van der Waals surface area contributed by atoms with Crippen molar-refractivity contribution in [1.82, 2.24) is 0 Å². The molecular weight excluding hydrogens is 476 g/mol. The lowest BCUT2D eigenvalue weighted by Gasteiger charge is -2.13. The quantitative estimate of drug-likeness (QED) is 0.175. The maximum atomic E-state index is 12.6. The second-order valence-electron chi connectivity index (χ2n) is 7.77. The van der Waals surface area contributed by atoms with E-state index in [0.717, 1.165) is 5.56 Å². The third kappa shape index (κ3) is 7.66. The highest BCUT2D eigenvalue weighted by Crippen LogP contribution is 2.29. The molecule has 3 aromatic rings. The zero-order valence-corrected chi connectivity index (χ0v) is 20.2. The van der Waals surface area contributed by atoms with Gasteiger partial charge in [-0.1, -0.05) is 29.8 Å². The van der Waals surface area contributed by atoms with Crippen LogP contribution in [-0.4, -0.2) is 30.0 Å². The number of anilines is 2. The molecule has 0 aliphatic carbocycles. The fraction of sp³-hybridized carbons (Fsp3) is 0.148. The van der Waals surface area contributed by atoms with Crippen molar-refractivity contribution in [3.63, 3.8) is 0 Å². The van der Waals surface area contributed by atoms with Gasteiger partial charge >= 0.3 is 0 Å². The minimum Gasteiger partial charge on any atom is -0.490 e. The number of nitriles is 1. The second kappa shape index (κ2) is 12.5. The van der Waals surface area contributed by atoms with Gasteiger partial charge in [-0.15, -0.1) is 0 Å². The molecule has 0 saturated carbocycles. The van der Waals surface area contributed by atoms with Gasteiger partial charge in [0.25, 0.3) is 17.5 Å². The van der Waals surface area contributed by atoms with Crippen LogP contribution in [-0.2, 0) is 9.59 Å². The monoisotopic (exact) mass is 500 g/mol. The van der Waals surface area contributed by atoms with E-state index in [4.69, 9.17) is 9.47 Å². The van der Waals surface area contributed by atoms with E-state index in [9.17, 15) is 25.0 Å². The van der Waals surface area contributed by atoms with Crippen LogP contribution in [0.4, 0.5) is 17.1 Å². The van der Waals surface area contributed by atoms with E-state index < -0.39 is 10.8 Å². The first-order chi connectivity index (χ1) is 17.8. The summed E-state index contributed by atoms with van der Waals surface area (Å²) in [7, 11) is 0. The Bertz CT molecular complexity index is 1380. The van der Waals surface area contributed by atoms with Crippen molar-refractivity contribution in [3.8, 4) is 17.6 Å². The molecule has 0 heterocycles. The summed E-state index contributed by atoms with van der Waals surface area (Å²) in [6.45, 7) is 3.80. The summed E-state index contributed by atoms with van der Waals surface area (Å²) >= 11 is 0. The Labute approximate surface area is 213 Å². The van der Waals surface area contributed by atoms with Gasteiger partial charge in [0.2, 0.25) is 0 Å². The molecule has 2 amide bonds. The lowest BCUT2D eigenvalue weighted by atomic mass is 10.1. The van der Waals surface area contributed by atoms with E-state index in [-0.39, 0.29) is 29.5 Å². The Hall–Kier alpha value is -5.17. The molecule has 37 heavy (non-hydrogen) atoms. The molecule has 0 aliphatic rings. The number of nitrogens with one attached hydrogen (secondary N) is 2. The summed E-state index contributed by atoms with van der Waals surface area (Å²) < 4.78 is 11.2. The van der Waals surface area contributed by atoms with Crippen LogP contribution in [0.3, 0.4) is 0 Å². The third-order valence-corrected chi connectivity index (χ3v) is 4.95. The molecule has 0 bridgehead atoms. The molecule has 0 unspecified atom stereocenters. The molecule has 0 saturated heterocycles. The number of nitro benzene ring substituents is 1. The molecule has 3 aromatic carbocycles. The molecule has 0 spiro atoms. The topological polar surface area (TPSA) is 144 Å². The van der Waals surface area contributed by atoms with Crippen molar-refractivity contribution in [3.05, 3.63) is 93.5 Å². The van der Waals surface area contributed by atoms with Crippen molar-refractivity contribution in [2.24, 2.45) is 0 Å². The number of carbonyl (C=O) groups excluding carboxylic acids is 2. The number of non-ortho nitro benzene ring substituents is 1. The molecule has 0 radical (unpaired) electrons. The summed E-state index contributed by atoms with van der Waals surface area (Å²) in [5.41, 5.74) is 1.97. The summed E-state index contributed by atoms with van der Waals surface area (Å²) in [5, 5.41) is 25.7. The van der Waals surface area contributed by atoms with Crippen molar-refractivity contribution in [1.29, 1.82) is 5.26 Å². The normalized spacial score (nSPS) is 10.7. The van der Waals surface area contributed by atoms with Gasteiger partial charge in [0.1, 0.15) is 11.6 Å². The number of carbonyl (C=O) groups is 2. The summed E-state index contributed by atoms with van der Waals surface area (Å²) in [5.74, 6) is -0.428. The molecule has 10 nitrogen and oxygen atoms in total. The van der Waals surface area contributed by atoms with Crippen LogP contribution in [0.2, 0.25) is 0 Å².